The Kier molecular flexibility index (Phi) is 8.17. The fourth-order valence-electron chi connectivity index (χ4n) is 4.97. The molecule has 0 saturated carbocycles. The number of nitrogens with one attached hydrogen (secondary N) is 1. The smallest absolute Gasteiger partial charge is 0.269 e. The summed E-state index contributed by atoms with van der Waals surface area (Å²) in [6, 6.07) is 12.4. The lowest BCUT2D eigenvalue weighted by molar-refractivity contribution is -0.384. The summed E-state index contributed by atoms with van der Waals surface area (Å²) in [6.07, 6.45) is 2.69. The summed E-state index contributed by atoms with van der Waals surface area (Å²) in [5.74, 6) is -2.73. The summed E-state index contributed by atoms with van der Waals surface area (Å²) >= 11 is 0. The van der Waals surface area contributed by atoms with Crippen LogP contribution in [0.5, 0.6) is 0 Å². The second-order valence-electron chi connectivity index (χ2n) is 9.94. The largest absolute Gasteiger partial charge is 0.382 e. The van der Waals surface area contributed by atoms with Crippen molar-refractivity contribution in [1.82, 2.24) is 19.7 Å². The SMILES string of the molecule is O=C(Nc1ccc(N2CCN(CC(O)(Cn3cncn3)c3ccc(F)cc3F)CC2)c(F)c1)c1ccc([N+](=O)[O-])cc1. The third kappa shape index (κ3) is 6.39. The highest BCUT2D eigenvalue weighted by molar-refractivity contribution is 6.04. The molecule has 2 heterocycles. The van der Waals surface area contributed by atoms with E-state index in [0.29, 0.717) is 31.9 Å². The van der Waals surface area contributed by atoms with Crippen molar-refractivity contribution in [3.05, 3.63) is 112 Å². The van der Waals surface area contributed by atoms with E-state index in [4.69, 9.17) is 0 Å². The van der Waals surface area contributed by atoms with Gasteiger partial charge in [-0.25, -0.2) is 22.8 Å². The molecule has 1 aliphatic rings. The first-order chi connectivity index (χ1) is 20.1. The number of aromatic nitrogens is 3. The molecule has 1 unspecified atom stereocenters. The Labute approximate surface area is 238 Å². The lowest BCUT2D eigenvalue weighted by Crippen LogP contribution is -2.52. The number of nitro benzene ring substituents is 1. The Balaban J connectivity index is 1.23. The predicted octanol–water partition coefficient (Wildman–Crippen LogP) is 3.57. The molecule has 11 nitrogen and oxygen atoms in total. The van der Waals surface area contributed by atoms with Gasteiger partial charge in [-0.05, 0) is 36.4 Å². The van der Waals surface area contributed by atoms with Crippen LogP contribution in [-0.4, -0.2) is 68.3 Å². The van der Waals surface area contributed by atoms with Crippen molar-refractivity contribution in [2.75, 3.05) is 42.9 Å². The Morgan fingerprint density at radius 1 is 0.976 bits per heavy atom. The minimum atomic E-state index is -1.75. The van der Waals surface area contributed by atoms with E-state index in [9.17, 15) is 28.8 Å². The number of halogens is 3. The molecule has 0 bridgehead atoms. The van der Waals surface area contributed by atoms with Gasteiger partial charge < -0.3 is 15.3 Å². The van der Waals surface area contributed by atoms with Crippen LogP contribution in [0.15, 0.2) is 73.3 Å². The number of benzene rings is 3. The van der Waals surface area contributed by atoms with Gasteiger partial charge in [0.1, 0.15) is 35.7 Å². The number of aliphatic hydroxyl groups is 1. The maximum Gasteiger partial charge on any atom is 0.269 e. The molecule has 1 saturated heterocycles. The van der Waals surface area contributed by atoms with Gasteiger partial charge in [-0.3, -0.25) is 19.8 Å². The first-order valence-corrected chi connectivity index (χ1v) is 12.9. The fourth-order valence-corrected chi connectivity index (χ4v) is 4.97. The zero-order chi connectivity index (χ0) is 29.9. The molecule has 5 rings (SSSR count). The number of nitrogens with zero attached hydrogens (tertiary/aromatic N) is 6. The van der Waals surface area contributed by atoms with Crippen LogP contribution in [0.25, 0.3) is 0 Å². The third-order valence-corrected chi connectivity index (χ3v) is 7.07. The highest BCUT2D eigenvalue weighted by Gasteiger charge is 2.36. The number of anilines is 2. The average Bonchev–Trinajstić information content (AvgIpc) is 3.46. The molecule has 1 fully saturated rings. The molecule has 4 aromatic rings. The van der Waals surface area contributed by atoms with Crippen molar-refractivity contribution in [2.45, 2.75) is 12.1 Å². The molecule has 1 amide bonds. The van der Waals surface area contributed by atoms with Gasteiger partial charge in [0.05, 0.1) is 17.2 Å². The summed E-state index contributed by atoms with van der Waals surface area (Å²) in [7, 11) is 0. The number of carbonyl (C=O) groups excluding carboxylic acids is 1. The van der Waals surface area contributed by atoms with Crippen LogP contribution in [0.3, 0.4) is 0 Å². The summed E-state index contributed by atoms with van der Waals surface area (Å²) in [5.41, 5.74) is -1.24. The molecule has 3 aromatic carbocycles. The molecular formula is C28H26F3N7O4. The molecule has 2 N–H and O–H groups in total. The van der Waals surface area contributed by atoms with Crippen molar-refractivity contribution in [2.24, 2.45) is 0 Å². The van der Waals surface area contributed by atoms with E-state index < -0.39 is 33.9 Å². The maximum absolute atomic E-state index is 15.1. The van der Waals surface area contributed by atoms with Crippen LogP contribution in [0.2, 0.25) is 0 Å². The van der Waals surface area contributed by atoms with Crippen LogP contribution in [0.4, 0.5) is 30.2 Å². The van der Waals surface area contributed by atoms with Crippen LogP contribution in [0, 0.1) is 27.6 Å². The number of piperazine rings is 1. The van der Waals surface area contributed by atoms with E-state index in [1.807, 2.05) is 9.80 Å². The van der Waals surface area contributed by atoms with Gasteiger partial charge >= 0.3 is 0 Å². The molecule has 1 aromatic heterocycles. The quantitative estimate of drug-likeness (QED) is 0.227. The van der Waals surface area contributed by atoms with Gasteiger partial charge in [0.2, 0.25) is 0 Å². The highest BCUT2D eigenvalue weighted by atomic mass is 19.1. The van der Waals surface area contributed by atoms with Crippen molar-refractivity contribution in [3.63, 3.8) is 0 Å². The van der Waals surface area contributed by atoms with Crippen molar-refractivity contribution < 1.29 is 28.0 Å². The van der Waals surface area contributed by atoms with Crippen molar-refractivity contribution in [3.8, 4) is 0 Å². The van der Waals surface area contributed by atoms with E-state index in [1.165, 1.54) is 53.7 Å². The van der Waals surface area contributed by atoms with E-state index in [-0.39, 0.29) is 35.6 Å². The zero-order valence-electron chi connectivity index (χ0n) is 22.2. The van der Waals surface area contributed by atoms with Gasteiger partial charge in [-0.1, -0.05) is 6.07 Å². The lowest BCUT2D eigenvalue weighted by Gasteiger charge is -2.40. The second-order valence-corrected chi connectivity index (χ2v) is 9.94. The average molecular weight is 582 g/mol. The van der Waals surface area contributed by atoms with Gasteiger partial charge in [-0.15, -0.1) is 0 Å². The Morgan fingerprint density at radius 2 is 1.71 bits per heavy atom. The molecule has 42 heavy (non-hydrogen) atoms. The molecule has 218 valence electrons. The summed E-state index contributed by atoms with van der Waals surface area (Å²) in [6.45, 7) is 1.53. The zero-order valence-corrected chi connectivity index (χ0v) is 22.2. The first kappa shape index (κ1) is 28.7. The summed E-state index contributed by atoms with van der Waals surface area (Å²) in [5, 5.41) is 29.0. The van der Waals surface area contributed by atoms with E-state index in [1.54, 1.807) is 12.1 Å². The number of nitro groups is 1. The molecule has 0 radical (unpaired) electrons. The minimum absolute atomic E-state index is 0.0132. The Bertz CT molecular complexity index is 1580. The van der Waals surface area contributed by atoms with Gasteiger partial charge in [0, 0.05) is 67.7 Å². The lowest BCUT2D eigenvalue weighted by atomic mass is 9.92. The number of carbonyl (C=O) groups is 1. The second kappa shape index (κ2) is 12.0. The normalized spacial score (nSPS) is 15.3. The number of β-amino-alcohol motifs (C(OH)–C–C–N with tert-alkyl or cyclic N) is 1. The van der Waals surface area contributed by atoms with Gasteiger partial charge in [0.25, 0.3) is 11.6 Å². The number of non-ortho nitro benzene ring substituents is 1. The number of amides is 1. The number of rotatable bonds is 9. The van der Waals surface area contributed by atoms with Crippen LogP contribution >= 0.6 is 0 Å². The van der Waals surface area contributed by atoms with Gasteiger partial charge in [-0.2, -0.15) is 5.10 Å². The third-order valence-electron chi connectivity index (χ3n) is 7.07. The van der Waals surface area contributed by atoms with Crippen molar-refractivity contribution >= 4 is 23.0 Å². The van der Waals surface area contributed by atoms with E-state index in [2.05, 4.69) is 15.4 Å². The first-order valence-electron chi connectivity index (χ1n) is 12.9. The molecule has 1 atom stereocenters. The van der Waals surface area contributed by atoms with Gasteiger partial charge in [0.15, 0.2) is 0 Å². The maximum atomic E-state index is 15.1. The Morgan fingerprint density at radius 3 is 2.33 bits per heavy atom. The number of hydrogen-bond donors (Lipinski definition) is 2. The molecule has 1 aliphatic heterocycles. The molecule has 0 spiro atoms. The summed E-state index contributed by atoms with van der Waals surface area (Å²) < 4.78 is 44.8. The van der Waals surface area contributed by atoms with Crippen LogP contribution < -0.4 is 10.2 Å². The van der Waals surface area contributed by atoms with E-state index >= 15 is 4.39 Å². The number of hydrogen-bond acceptors (Lipinski definition) is 8. The standard InChI is InChI=1S/C28H26F3N7O4/c29-20-3-7-23(24(30)13-20)28(40,16-37-18-32-17-33-37)15-35-9-11-36(12-10-35)26-8-4-21(14-25(26)31)34-27(39)19-1-5-22(6-2-19)38(41)42/h1-8,13-14,17-18,40H,9-12,15-16H2,(H,34,39). The molecule has 14 heteroatoms. The fraction of sp³-hybridized carbons (Fsp3) is 0.250. The summed E-state index contributed by atoms with van der Waals surface area (Å²) in [4.78, 5) is 30.3. The topological polar surface area (TPSA) is 130 Å². The monoisotopic (exact) mass is 581 g/mol. The van der Waals surface area contributed by atoms with Crippen LogP contribution in [-0.2, 0) is 12.1 Å². The van der Waals surface area contributed by atoms with Crippen molar-refractivity contribution in [1.29, 1.82) is 0 Å². The van der Waals surface area contributed by atoms with E-state index in [0.717, 1.165) is 12.1 Å². The van der Waals surface area contributed by atoms with Crippen LogP contribution in [0.1, 0.15) is 15.9 Å². The Hall–Kier alpha value is -4.82. The minimum Gasteiger partial charge on any atom is -0.382 e. The highest BCUT2D eigenvalue weighted by Crippen LogP contribution is 2.30. The molecular weight excluding hydrogens is 555 g/mol. The molecule has 0 aliphatic carbocycles. The predicted molar refractivity (Wildman–Crippen MR) is 146 cm³/mol.